The molecule has 10 aliphatic heterocycles. The number of carbonyl (C=O) groups is 8. The number of benzene rings is 3. The van der Waals surface area contributed by atoms with Gasteiger partial charge in [-0.2, -0.15) is 0 Å². The fraction of sp³-hybridized carbons (Fsp3) is 0.698. The average Bonchev–Trinajstić information content (AvgIpc) is 1.55. The topological polar surface area (TPSA) is 251 Å². The smallest absolute Gasteiger partial charge is 0.444 e. The molecule has 3 saturated carbocycles. The Labute approximate surface area is 684 Å². The van der Waals surface area contributed by atoms with E-state index in [0.717, 1.165) is 75.8 Å². The number of alkyl halides is 1. The SMILES string of the molecule is CC(C)(C)OC(=O)N1CCC2(CC1)C(=O)N(C1CC(=O)C1)c1cc(B3OC(C)(C)C(C)(C)O3)ccc12.CC(C)(C)OC(=O)N1CCC2(CC1)C(=O)N(C1CC(N3CCCCC3)C1)c1cc(B3OC(C)(C)C(C)(C)O3)ccc12.CC(C)(C)OC(=O)N1CCC2(CC1)C(=O)Nc1cc(B3OC(C)(C)C(C)(C)O3)ccc12.O=C1CC(Br)C1. The van der Waals surface area contributed by atoms with E-state index >= 15 is 0 Å². The zero-order valence-electron chi connectivity index (χ0n) is 71.5. The van der Waals surface area contributed by atoms with E-state index in [4.69, 9.17) is 42.1 Å². The molecule has 620 valence electrons. The second-order valence-electron chi connectivity index (χ2n) is 40.1. The van der Waals surface area contributed by atoms with Crippen LogP contribution in [0.25, 0.3) is 0 Å². The van der Waals surface area contributed by atoms with Gasteiger partial charge in [0.2, 0.25) is 17.7 Å². The number of rotatable bonds is 6. The minimum Gasteiger partial charge on any atom is -0.444 e. The van der Waals surface area contributed by atoms with E-state index in [1.165, 1.54) is 32.4 Å². The van der Waals surface area contributed by atoms with Gasteiger partial charge in [0.1, 0.15) is 28.4 Å². The maximum atomic E-state index is 14.5. The van der Waals surface area contributed by atoms with Crippen LogP contribution >= 0.6 is 15.9 Å². The van der Waals surface area contributed by atoms with Crippen molar-refractivity contribution >= 4 is 118 Å². The molecule has 24 nitrogen and oxygen atoms in total. The van der Waals surface area contributed by atoms with E-state index in [2.05, 4.69) is 76.9 Å². The first-order valence-electron chi connectivity index (χ1n) is 41.7. The first-order chi connectivity index (χ1) is 52.9. The zero-order chi connectivity index (χ0) is 83.0. The summed E-state index contributed by atoms with van der Waals surface area (Å²) in [4.78, 5) is 114. The fourth-order valence-corrected chi connectivity index (χ4v) is 18.6. The normalized spacial score (nSPS) is 26.0. The molecule has 10 heterocycles. The lowest BCUT2D eigenvalue weighted by Crippen LogP contribution is -2.58. The van der Waals surface area contributed by atoms with Gasteiger partial charge in [-0.1, -0.05) is 58.7 Å². The first kappa shape index (κ1) is 85.5. The standard InChI is InChI=1S/C32H48BN3O5.C27H37BN2O6.C23H33BN2O5.C4H5BrO/c1-29(2,3)39-28(38)35-17-13-32(14-18-35)25-12-11-22(33-40-30(4,5)31(6,7)41-33)19-26(25)36(27(32)37)24-20-23(21-24)34-15-9-8-10-16-34;1-24(2,3)34-23(33)29-12-10-27(11-13-29)20-9-8-17(28-35-25(4,5)26(6,7)36-28)14-21(20)30(22(27)32)18-15-19(31)16-18;1-20(2,3)29-19(28)26-12-10-23(11-13-26)16-9-8-15(14-17(16)25-18(23)27)24-30-21(4,5)22(6,7)31-24;5-3-1-4(6)2-3/h11-12,19,23-24H,8-10,13-18,20-21H2,1-7H3;8-9,14,18H,10-13,15-16H2,1-7H3;8-9,14H,10-13H2,1-7H3,(H,25,27);3H,1-2H2. The van der Waals surface area contributed by atoms with Crippen molar-refractivity contribution in [2.24, 2.45) is 0 Å². The maximum absolute atomic E-state index is 14.5. The molecule has 0 radical (unpaired) electrons. The van der Waals surface area contributed by atoms with E-state index in [1.807, 2.05) is 159 Å². The highest BCUT2D eigenvalue weighted by atomic mass is 79.9. The Morgan fingerprint density at radius 2 is 0.728 bits per heavy atom. The lowest BCUT2D eigenvalue weighted by atomic mass is 9.71. The predicted molar refractivity (Wildman–Crippen MR) is 443 cm³/mol. The molecule has 3 spiro atoms. The van der Waals surface area contributed by atoms with Crippen LogP contribution in [0.3, 0.4) is 0 Å². The minimum absolute atomic E-state index is 0.00240. The van der Waals surface area contributed by atoms with Gasteiger partial charge >= 0.3 is 39.6 Å². The van der Waals surface area contributed by atoms with Crippen LogP contribution in [0.4, 0.5) is 31.4 Å². The highest BCUT2D eigenvalue weighted by molar-refractivity contribution is 9.09. The largest absolute Gasteiger partial charge is 0.494 e. The summed E-state index contributed by atoms with van der Waals surface area (Å²) >= 11 is 3.28. The van der Waals surface area contributed by atoms with Crippen LogP contribution in [0.15, 0.2) is 54.6 Å². The molecule has 28 heteroatoms. The monoisotopic (exact) mass is 1640 g/mol. The number of Topliss-reactive ketones (excluding diaryl/α,β-unsaturated/α-hetero) is 2. The van der Waals surface area contributed by atoms with E-state index < -0.39 is 88.0 Å². The number of nitrogens with zero attached hydrogens (tertiary/aromatic N) is 6. The van der Waals surface area contributed by atoms with Gasteiger partial charge in [-0.05, 0) is 274 Å². The number of nitrogens with one attached hydrogen (secondary N) is 1. The van der Waals surface area contributed by atoms with Crippen molar-refractivity contribution in [2.45, 2.75) is 331 Å². The third-order valence-corrected chi connectivity index (χ3v) is 27.7. The highest BCUT2D eigenvalue weighted by Gasteiger charge is 2.61. The van der Waals surface area contributed by atoms with Crippen LogP contribution in [0.2, 0.25) is 0 Å². The number of carbonyl (C=O) groups excluding carboxylic acids is 8. The molecule has 1 N–H and O–H groups in total. The van der Waals surface area contributed by atoms with Crippen molar-refractivity contribution in [1.82, 2.24) is 19.6 Å². The summed E-state index contributed by atoms with van der Waals surface area (Å²) in [6.45, 7) is 46.4. The Morgan fingerprint density at radius 1 is 0.412 bits per heavy atom. The van der Waals surface area contributed by atoms with Gasteiger partial charge in [-0.25, -0.2) is 14.4 Å². The number of fused-ring (bicyclic) bond motifs is 6. The van der Waals surface area contributed by atoms with Crippen molar-refractivity contribution < 1.29 is 80.5 Å². The van der Waals surface area contributed by atoms with Gasteiger partial charge in [-0.15, -0.1) is 0 Å². The summed E-state index contributed by atoms with van der Waals surface area (Å²) in [7, 11) is -1.49. The molecule has 6 amide bonds. The number of ketones is 2. The summed E-state index contributed by atoms with van der Waals surface area (Å²) in [5.41, 5.74) is 2.19. The van der Waals surface area contributed by atoms with E-state index in [1.54, 1.807) is 14.7 Å². The van der Waals surface area contributed by atoms with Crippen molar-refractivity contribution in [1.29, 1.82) is 0 Å². The highest BCUT2D eigenvalue weighted by Crippen LogP contribution is 2.54. The van der Waals surface area contributed by atoms with Crippen LogP contribution in [-0.2, 0) is 82.4 Å². The summed E-state index contributed by atoms with van der Waals surface area (Å²) in [6.07, 6.45) is 10.6. The Bertz CT molecular complexity index is 4180. The van der Waals surface area contributed by atoms with Crippen molar-refractivity contribution in [3.05, 3.63) is 71.3 Å². The van der Waals surface area contributed by atoms with E-state index in [0.29, 0.717) is 107 Å². The lowest BCUT2D eigenvalue weighted by molar-refractivity contribution is -0.129. The third-order valence-electron chi connectivity index (χ3n) is 27.0. The molecule has 0 bridgehead atoms. The molecular formula is C86H123B3BrN7O17. The molecule has 3 aliphatic carbocycles. The van der Waals surface area contributed by atoms with Gasteiger partial charge in [0.25, 0.3) is 0 Å². The summed E-state index contributed by atoms with van der Waals surface area (Å²) in [5.74, 6) is 0.792. The van der Waals surface area contributed by atoms with Crippen LogP contribution in [-0.4, -0.2) is 214 Å². The second kappa shape index (κ2) is 30.5. The van der Waals surface area contributed by atoms with Gasteiger partial charge < -0.3 is 76.9 Å². The summed E-state index contributed by atoms with van der Waals surface area (Å²) in [6, 6.07) is 19.0. The molecule has 10 fully saturated rings. The molecule has 0 aromatic heterocycles. The fourth-order valence-electron chi connectivity index (χ4n) is 17.9. The van der Waals surface area contributed by atoms with E-state index in [-0.39, 0.29) is 53.9 Å². The zero-order valence-corrected chi connectivity index (χ0v) is 73.1. The molecular weight excluding hydrogens is 1520 g/mol. The van der Waals surface area contributed by atoms with Crippen molar-refractivity contribution in [3.63, 3.8) is 0 Å². The molecule has 7 saturated heterocycles. The molecule has 0 unspecified atom stereocenters. The molecule has 13 aliphatic rings. The predicted octanol–water partition coefficient (Wildman–Crippen LogP) is 12.3. The molecule has 16 rings (SSSR count). The number of piperidine rings is 4. The van der Waals surface area contributed by atoms with Gasteiger partial charge in [0.05, 0.1) is 55.9 Å². The number of hydrogen-bond acceptors (Lipinski definition) is 18. The number of anilines is 3. The maximum Gasteiger partial charge on any atom is 0.494 e. The number of amides is 6. The van der Waals surface area contributed by atoms with Gasteiger partial charge in [0.15, 0.2) is 0 Å². The Balaban J connectivity index is 0.000000145. The molecule has 114 heavy (non-hydrogen) atoms. The quantitative estimate of drug-likeness (QED) is 0.137. The van der Waals surface area contributed by atoms with Crippen LogP contribution in [0, 0.1) is 0 Å². The molecule has 3 aromatic rings. The number of ether oxygens (including phenoxy) is 3. The van der Waals surface area contributed by atoms with Crippen LogP contribution in [0.1, 0.15) is 258 Å². The van der Waals surface area contributed by atoms with Gasteiger partial charge in [-0.3, -0.25) is 24.0 Å². The first-order valence-corrected chi connectivity index (χ1v) is 42.6. The summed E-state index contributed by atoms with van der Waals surface area (Å²) in [5, 5.41) is 3.06. The Morgan fingerprint density at radius 3 is 1.04 bits per heavy atom. The third kappa shape index (κ3) is 16.5. The molecule has 0 atom stereocenters. The average molecular weight is 1640 g/mol. The number of likely N-dealkylation sites (tertiary alicyclic amines) is 4. The second-order valence-corrected chi connectivity index (χ2v) is 41.4. The Kier molecular flexibility index (Phi) is 22.8. The van der Waals surface area contributed by atoms with E-state index in [9.17, 15) is 38.4 Å². The van der Waals surface area contributed by atoms with Crippen molar-refractivity contribution in [3.8, 4) is 0 Å². The minimum atomic E-state index is -0.707. The van der Waals surface area contributed by atoms with Gasteiger partial charge in [0, 0.05) is 98.9 Å². The van der Waals surface area contributed by atoms with Crippen LogP contribution < -0.4 is 31.5 Å². The number of halogens is 1. The number of hydrogen-bond donors (Lipinski definition) is 1. The Hall–Kier alpha value is -6.39. The lowest BCUT2D eigenvalue weighted by Gasteiger charge is -2.48. The van der Waals surface area contributed by atoms with Crippen molar-refractivity contribution in [2.75, 3.05) is 67.5 Å². The molecule has 3 aromatic carbocycles. The summed E-state index contributed by atoms with van der Waals surface area (Å²) < 4.78 is 54.3. The van der Waals surface area contributed by atoms with Crippen LogP contribution in [0.5, 0.6) is 0 Å².